The number of hydrogen-bond donors (Lipinski definition) is 2. The van der Waals surface area contributed by atoms with Crippen molar-refractivity contribution in [2.45, 2.75) is 45.4 Å². The zero-order valence-corrected chi connectivity index (χ0v) is 12.0. The van der Waals surface area contributed by atoms with Crippen molar-refractivity contribution in [2.24, 2.45) is 0 Å². The van der Waals surface area contributed by atoms with Gasteiger partial charge in [0.05, 0.1) is 7.11 Å². The summed E-state index contributed by atoms with van der Waals surface area (Å²) in [4.78, 5) is 11.1. The first-order valence-electron chi connectivity index (χ1n) is 6.38. The molecule has 0 radical (unpaired) electrons. The Hall–Kier alpha value is -1.71. The van der Waals surface area contributed by atoms with Crippen LogP contribution in [0.2, 0.25) is 0 Å². The number of aromatic hydroxyl groups is 2. The molecule has 0 aliphatic heterocycles. The number of hydrogen-bond acceptors (Lipinski definition) is 4. The fourth-order valence-corrected chi connectivity index (χ4v) is 2.13. The largest absolute Gasteiger partial charge is 0.508 e. The van der Waals surface area contributed by atoms with Gasteiger partial charge < -0.3 is 14.9 Å². The van der Waals surface area contributed by atoms with Gasteiger partial charge in [0.15, 0.2) is 0 Å². The lowest BCUT2D eigenvalue weighted by Gasteiger charge is -2.26. The monoisotopic (exact) mass is 266 g/mol. The van der Waals surface area contributed by atoms with Crippen molar-refractivity contribution in [1.29, 1.82) is 0 Å². The Kier molecular flexibility index (Phi) is 4.81. The van der Waals surface area contributed by atoms with Gasteiger partial charge in [-0.1, -0.05) is 13.8 Å². The molecule has 1 aromatic rings. The van der Waals surface area contributed by atoms with E-state index >= 15 is 0 Å². The molecule has 0 saturated carbocycles. The molecular weight excluding hydrogens is 244 g/mol. The third-order valence-electron chi connectivity index (χ3n) is 3.45. The zero-order chi connectivity index (χ0) is 14.6. The van der Waals surface area contributed by atoms with Crippen molar-refractivity contribution in [2.75, 3.05) is 7.11 Å². The third-order valence-corrected chi connectivity index (χ3v) is 3.45. The quantitative estimate of drug-likeness (QED) is 0.635. The highest BCUT2D eigenvalue weighted by Gasteiger charge is 2.25. The summed E-state index contributed by atoms with van der Waals surface area (Å²) in [6.07, 6.45) is 1.75. The van der Waals surface area contributed by atoms with Gasteiger partial charge in [-0.05, 0) is 42.9 Å². The van der Waals surface area contributed by atoms with Crippen molar-refractivity contribution in [3.05, 3.63) is 23.3 Å². The minimum Gasteiger partial charge on any atom is -0.508 e. The molecule has 4 heteroatoms. The van der Waals surface area contributed by atoms with Gasteiger partial charge >= 0.3 is 5.97 Å². The molecule has 1 rings (SSSR count). The number of esters is 1. The summed E-state index contributed by atoms with van der Waals surface area (Å²) >= 11 is 0. The van der Waals surface area contributed by atoms with E-state index in [0.29, 0.717) is 24.0 Å². The molecule has 0 aliphatic rings. The predicted molar refractivity (Wildman–Crippen MR) is 73.4 cm³/mol. The molecule has 0 aliphatic carbocycles. The van der Waals surface area contributed by atoms with Crippen LogP contribution in [0.5, 0.6) is 11.5 Å². The number of ether oxygens (including phenoxy) is 1. The first-order chi connectivity index (χ1) is 8.77. The molecule has 0 aromatic heterocycles. The van der Waals surface area contributed by atoms with E-state index < -0.39 is 0 Å². The topological polar surface area (TPSA) is 66.8 Å². The summed E-state index contributed by atoms with van der Waals surface area (Å²) in [6.45, 7) is 5.70. The molecule has 0 heterocycles. The van der Waals surface area contributed by atoms with Crippen LogP contribution < -0.4 is 0 Å². The molecule has 0 amide bonds. The predicted octanol–water partition coefficient (Wildman–Crippen LogP) is 3.03. The number of methoxy groups -OCH3 is 1. The first kappa shape index (κ1) is 15.3. The molecule has 19 heavy (non-hydrogen) atoms. The lowest BCUT2D eigenvalue weighted by molar-refractivity contribution is -0.140. The van der Waals surface area contributed by atoms with Crippen LogP contribution in [0.4, 0.5) is 0 Å². The standard InChI is InChI=1S/C15H22O4/c1-10-8-13(17)11(9-12(10)16)15(2,3)7-5-6-14(18)19-4/h8-9,16-17H,5-7H2,1-4H3. The van der Waals surface area contributed by atoms with E-state index in [0.717, 1.165) is 6.42 Å². The molecule has 0 saturated heterocycles. The van der Waals surface area contributed by atoms with E-state index in [2.05, 4.69) is 4.74 Å². The van der Waals surface area contributed by atoms with Crippen LogP contribution in [-0.4, -0.2) is 23.3 Å². The molecule has 4 nitrogen and oxygen atoms in total. The molecule has 1 aromatic carbocycles. The lowest BCUT2D eigenvalue weighted by atomic mass is 9.79. The normalized spacial score (nSPS) is 11.4. The second kappa shape index (κ2) is 5.95. The maximum atomic E-state index is 11.1. The van der Waals surface area contributed by atoms with Gasteiger partial charge in [0.25, 0.3) is 0 Å². The maximum Gasteiger partial charge on any atom is 0.305 e. The lowest BCUT2D eigenvalue weighted by Crippen LogP contribution is -2.18. The number of rotatable bonds is 5. The third kappa shape index (κ3) is 3.88. The molecule has 106 valence electrons. The highest BCUT2D eigenvalue weighted by molar-refractivity contribution is 5.69. The van der Waals surface area contributed by atoms with Crippen molar-refractivity contribution in [1.82, 2.24) is 0 Å². The fourth-order valence-electron chi connectivity index (χ4n) is 2.13. The molecule has 0 bridgehead atoms. The summed E-state index contributed by atoms with van der Waals surface area (Å²) in [5, 5.41) is 19.8. The van der Waals surface area contributed by atoms with Crippen LogP contribution in [-0.2, 0) is 14.9 Å². The SMILES string of the molecule is COC(=O)CCCC(C)(C)c1cc(O)c(C)cc1O. The van der Waals surface area contributed by atoms with Gasteiger partial charge in [0.2, 0.25) is 0 Å². The van der Waals surface area contributed by atoms with Crippen LogP contribution >= 0.6 is 0 Å². The summed E-state index contributed by atoms with van der Waals surface area (Å²) in [5.74, 6) is 0.124. The Morgan fingerprint density at radius 1 is 1.26 bits per heavy atom. The minimum atomic E-state index is -0.316. The average Bonchev–Trinajstić information content (AvgIpc) is 2.33. The van der Waals surface area contributed by atoms with Gasteiger partial charge in [-0.3, -0.25) is 4.79 Å². The number of benzene rings is 1. The van der Waals surface area contributed by atoms with Gasteiger partial charge in [-0.25, -0.2) is 0 Å². The number of carbonyl (C=O) groups excluding carboxylic acids is 1. The fraction of sp³-hybridized carbons (Fsp3) is 0.533. The highest BCUT2D eigenvalue weighted by atomic mass is 16.5. The second-order valence-corrected chi connectivity index (χ2v) is 5.47. The molecule has 0 atom stereocenters. The highest BCUT2D eigenvalue weighted by Crippen LogP contribution is 2.38. The summed E-state index contributed by atoms with van der Waals surface area (Å²) in [5.41, 5.74) is 1.02. The number of carbonyl (C=O) groups is 1. The smallest absolute Gasteiger partial charge is 0.305 e. The van der Waals surface area contributed by atoms with Crippen molar-refractivity contribution in [3.63, 3.8) is 0 Å². The minimum absolute atomic E-state index is 0.175. The van der Waals surface area contributed by atoms with E-state index in [4.69, 9.17) is 0 Å². The Bertz CT molecular complexity index is 463. The Balaban J connectivity index is 2.82. The number of aryl methyl sites for hydroxylation is 1. The molecule has 0 fully saturated rings. The van der Waals surface area contributed by atoms with Crippen LogP contribution in [0.25, 0.3) is 0 Å². The zero-order valence-electron chi connectivity index (χ0n) is 12.0. The average molecular weight is 266 g/mol. The van der Waals surface area contributed by atoms with Crippen molar-refractivity contribution in [3.8, 4) is 11.5 Å². The maximum absolute atomic E-state index is 11.1. The van der Waals surface area contributed by atoms with E-state index in [9.17, 15) is 15.0 Å². The van der Waals surface area contributed by atoms with E-state index in [1.54, 1.807) is 19.1 Å². The van der Waals surface area contributed by atoms with Crippen molar-refractivity contribution < 1.29 is 19.7 Å². The summed E-state index contributed by atoms with van der Waals surface area (Å²) in [6, 6.07) is 3.16. The van der Waals surface area contributed by atoms with Gasteiger partial charge in [0.1, 0.15) is 11.5 Å². The van der Waals surface area contributed by atoms with Crippen LogP contribution in [0.3, 0.4) is 0 Å². The van der Waals surface area contributed by atoms with Gasteiger partial charge in [0, 0.05) is 12.0 Å². The van der Waals surface area contributed by atoms with Gasteiger partial charge in [-0.15, -0.1) is 0 Å². The van der Waals surface area contributed by atoms with E-state index in [1.165, 1.54) is 7.11 Å². The van der Waals surface area contributed by atoms with E-state index in [-0.39, 0.29) is 22.9 Å². The molecular formula is C15H22O4. The molecule has 0 spiro atoms. The second-order valence-electron chi connectivity index (χ2n) is 5.47. The summed E-state index contributed by atoms with van der Waals surface area (Å²) < 4.78 is 4.60. The molecule has 2 N–H and O–H groups in total. The van der Waals surface area contributed by atoms with Gasteiger partial charge in [-0.2, -0.15) is 0 Å². The van der Waals surface area contributed by atoms with Crippen LogP contribution in [0, 0.1) is 6.92 Å². The number of phenolic OH excluding ortho intramolecular Hbond substituents is 2. The Morgan fingerprint density at radius 3 is 2.47 bits per heavy atom. The Labute approximate surface area is 114 Å². The number of phenols is 2. The summed E-state index contributed by atoms with van der Waals surface area (Å²) in [7, 11) is 1.37. The van der Waals surface area contributed by atoms with Crippen LogP contribution in [0.1, 0.15) is 44.2 Å². The Morgan fingerprint density at radius 2 is 1.89 bits per heavy atom. The van der Waals surface area contributed by atoms with Crippen molar-refractivity contribution >= 4 is 5.97 Å². The molecule has 0 unspecified atom stereocenters. The first-order valence-corrected chi connectivity index (χ1v) is 6.38. The van der Waals surface area contributed by atoms with E-state index in [1.807, 2.05) is 13.8 Å². The van der Waals surface area contributed by atoms with Crippen LogP contribution in [0.15, 0.2) is 12.1 Å².